The Morgan fingerprint density at radius 3 is 2.57 bits per heavy atom. The fraction of sp³-hybridized carbons (Fsp3) is 0.933. The van der Waals surface area contributed by atoms with Crippen LogP contribution in [0, 0.1) is 0 Å². The zero-order valence-corrected chi connectivity index (χ0v) is 16.2. The maximum absolute atomic E-state index is 5.07. The lowest BCUT2D eigenvalue weighted by atomic mass is 9.96. The second-order valence-corrected chi connectivity index (χ2v) is 5.63. The van der Waals surface area contributed by atoms with E-state index in [0.29, 0.717) is 6.04 Å². The van der Waals surface area contributed by atoms with E-state index in [2.05, 4.69) is 27.6 Å². The summed E-state index contributed by atoms with van der Waals surface area (Å²) in [7, 11) is 5.73. The van der Waals surface area contributed by atoms with Gasteiger partial charge in [-0.3, -0.25) is 4.99 Å². The van der Waals surface area contributed by atoms with Gasteiger partial charge in [-0.15, -0.1) is 24.0 Å². The van der Waals surface area contributed by atoms with Crippen LogP contribution in [0.2, 0.25) is 0 Å². The Kier molecular flexibility index (Phi) is 13.5. The van der Waals surface area contributed by atoms with Crippen molar-refractivity contribution in [3.8, 4) is 0 Å². The van der Waals surface area contributed by atoms with Gasteiger partial charge in [0, 0.05) is 33.3 Å². The Labute approximate surface area is 147 Å². The minimum Gasteiger partial charge on any atom is -0.383 e. The number of methoxy groups -OCH3 is 1. The third-order valence-corrected chi connectivity index (χ3v) is 3.86. The Bertz CT molecular complexity index is 270. The van der Waals surface area contributed by atoms with Crippen molar-refractivity contribution in [1.29, 1.82) is 0 Å². The lowest BCUT2D eigenvalue weighted by Crippen LogP contribution is -2.44. The average molecular weight is 412 g/mol. The van der Waals surface area contributed by atoms with Crippen molar-refractivity contribution >= 4 is 29.9 Å². The van der Waals surface area contributed by atoms with Gasteiger partial charge in [0.1, 0.15) is 0 Å². The van der Waals surface area contributed by atoms with Crippen LogP contribution in [0.1, 0.15) is 38.5 Å². The molecule has 126 valence electrons. The SMILES string of the molecule is CN=C(NCCCN(C)CCOC)NC1CCCCC1.I. The molecule has 2 N–H and O–H groups in total. The number of nitrogens with zero attached hydrogens (tertiary/aromatic N) is 2. The van der Waals surface area contributed by atoms with Gasteiger partial charge in [-0.1, -0.05) is 19.3 Å². The average Bonchev–Trinajstić information content (AvgIpc) is 2.49. The number of aliphatic imine (C=N–C) groups is 1. The van der Waals surface area contributed by atoms with Gasteiger partial charge >= 0.3 is 0 Å². The van der Waals surface area contributed by atoms with Gasteiger partial charge < -0.3 is 20.3 Å². The zero-order chi connectivity index (χ0) is 14.6. The first-order valence-corrected chi connectivity index (χ1v) is 7.91. The largest absolute Gasteiger partial charge is 0.383 e. The molecule has 1 fully saturated rings. The molecule has 0 amide bonds. The van der Waals surface area contributed by atoms with Crippen LogP contribution in [0.4, 0.5) is 0 Å². The third-order valence-electron chi connectivity index (χ3n) is 3.86. The summed E-state index contributed by atoms with van der Waals surface area (Å²) in [4.78, 5) is 6.60. The van der Waals surface area contributed by atoms with Crippen molar-refractivity contribution < 1.29 is 4.74 Å². The smallest absolute Gasteiger partial charge is 0.191 e. The number of ether oxygens (including phenoxy) is 1. The van der Waals surface area contributed by atoms with Crippen LogP contribution in [0.3, 0.4) is 0 Å². The Morgan fingerprint density at radius 2 is 1.95 bits per heavy atom. The van der Waals surface area contributed by atoms with Crippen molar-refractivity contribution in [1.82, 2.24) is 15.5 Å². The van der Waals surface area contributed by atoms with Crippen molar-refractivity contribution in [2.45, 2.75) is 44.6 Å². The highest BCUT2D eigenvalue weighted by atomic mass is 127. The van der Waals surface area contributed by atoms with E-state index < -0.39 is 0 Å². The van der Waals surface area contributed by atoms with E-state index in [1.807, 2.05) is 7.05 Å². The molecular weight excluding hydrogens is 379 g/mol. The predicted molar refractivity (Wildman–Crippen MR) is 101 cm³/mol. The highest BCUT2D eigenvalue weighted by molar-refractivity contribution is 14.0. The second kappa shape index (κ2) is 13.6. The first-order chi connectivity index (χ1) is 9.76. The standard InChI is InChI=1S/C15H32N4O.HI/c1-16-15(18-14-8-5-4-6-9-14)17-10-7-11-19(2)12-13-20-3;/h14H,4-13H2,1-3H3,(H2,16,17,18);1H. The summed E-state index contributed by atoms with van der Waals surface area (Å²) in [5.74, 6) is 0.955. The van der Waals surface area contributed by atoms with Gasteiger partial charge in [0.2, 0.25) is 0 Å². The van der Waals surface area contributed by atoms with Crippen LogP contribution in [0.5, 0.6) is 0 Å². The predicted octanol–water partition coefficient (Wildman–Crippen LogP) is 2.07. The van der Waals surface area contributed by atoms with E-state index in [0.717, 1.165) is 38.6 Å². The van der Waals surface area contributed by atoms with Gasteiger partial charge in [-0.2, -0.15) is 0 Å². The molecular formula is C15H33IN4O. The van der Waals surface area contributed by atoms with Gasteiger partial charge in [0.15, 0.2) is 5.96 Å². The Hall–Kier alpha value is -0.0800. The molecule has 0 atom stereocenters. The molecule has 0 bridgehead atoms. The summed E-state index contributed by atoms with van der Waals surface area (Å²) < 4.78 is 5.07. The quantitative estimate of drug-likeness (QED) is 0.277. The van der Waals surface area contributed by atoms with E-state index in [1.165, 1.54) is 32.1 Å². The molecule has 0 aromatic heterocycles. The number of hydrogen-bond acceptors (Lipinski definition) is 3. The van der Waals surface area contributed by atoms with Crippen LogP contribution in [-0.2, 0) is 4.74 Å². The molecule has 1 aliphatic rings. The topological polar surface area (TPSA) is 48.9 Å². The van der Waals surface area contributed by atoms with Crippen LogP contribution in [0.15, 0.2) is 4.99 Å². The summed E-state index contributed by atoms with van der Waals surface area (Å²) in [6, 6.07) is 0.610. The molecule has 0 heterocycles. The molecule has 1 rings (SSSR count). The Morgan fingerprint density at radius 1 is 1.24 bits per heavy atom. The maximum atomic E-state index is 5.07. The van der Waals surface area contributed by atoms with E-state index in [4.69, 9.17) is 4.74 Å². The maximum Gasteiger partial charge on any atom is 0.191 e. The van der Waals surface area contributed by atoms with Gasteiger partial charge in [0.25, 0.3) is 0 Å². The highest BCUT2D eigenvalue weighted by Crippen LogP contribution is 2.17. The Balaban J connectivity index is 0.00000400. The summed E-state index contributed by atoms with van der Waals surface area (Å²) in [5.41, 5.74) is 0. The summed E-state index contributed by atoms with van der Waals surface area (Å²) in [5, 5.41) is 6.94. The number of halogens is 1. The second-order valence-electron chi connectivity index (χ2n) is 5.63. The van der Waals surface area contributed by atoms with E-state index in [-0.39, 0.29) is 24.0 Å². The zero-order valence-electron chi connectivity index (χ0n) is 13.9. The third kappa shape index (κ3) is 10.3. The molecule has 0 aromatic carbocycles. The first kappa shape index (κ1) is 20.9. The van der Waals surface area contributed by atoms with E-state index in [9.17, 15) is 0 Å². The van der Waals surface area contributed by atoms with Crippen LogP contribution in [0.25, 0.3) is 0 Å². The van der Waals surface area contributed by atoms with E-state index in [1.54, 1.807) is 7.11 Å². The molecule has 0 spiro atoms. The fourth-order valence-corrected chi connectivity index (χ4v) is 2.55. The lowest BCUT2D eigenvalue weighted by molar-refractivity contribution is 0.161. The minimum atomic E-state index is 0. The van der Waals surface area contributed by atoms with E-state index >= 15 is 0 Å². The molecule has 0 saturated heterocycles. The molecule has 0 radical (unpaired) electrons. The summed E-state index contributed by atoms with van der Waals surface area (Å²) in [6.07, 6.45) is 7.75. The van der Waals surface area contributed by atoms with Crippen molar-refractivity contribution in [2.24, 2.45) is 4.99 Å². The van der Waals surface area contributed by atoms with Crippen molar-refractivity contribution in [3.05, 3.63) is 0 Å². The molecule has 0 aromatic rings. The molecule has 0 aliphatic heterocycles. The molecule has 0 unspecified atom stereocenters. The highest BCUT2D eigenvalue weighted by Gasteiger charge is 2.14. The van der Waals surface area contributed by atoms with Crippen molar-refractivity contribution in [3.63, 3.8) is 0 Å². The molecule has 6 heteroatoms. The molecule has 5 nitrogen and oxygen atoms in total. The monoisotopic (exact) mass is 412 g/mol. The minimum absolute atomic E-state index is 0. The molecule has 1 saturated carbocycles. The number of nitrogens with one attached hydrogen (secondary N) is 2. The number of rotatable bonds is 8. The molecule has 1 aliphatic carbocycles. The van der Waals surface area contributed by atoms with Gasteiger partial charge in [0.05, 0.1) is 6.61 Å². The van der Waals surface area contributed by atoms with Gasteiger partial charge in [-0.05, 0) is 32.9 Å². The van der Waals surface area contributed by atoms with Crippen LogP contribution < -0.4 is 10.6 Å². The first-order valence-electron chi connectivity index (χ1n) is 7.91. The number of hydrogen-bond donors (Lipinski definition) is 2. The van der Waals surface area contributed by atoms with Crippen molar-refractivity contribution in [2.75, 3.05) is 47.4 Å². The molecule has 21 heavy (non-hydrogen) atoms. The normalized spacial score (nSPS) is 16.7. The lowest BCUT2D eigenvalue weighted by Gasteiger charge is -2.25. The van der Waals surface area contributed by atoms with Gasteiger partial charge in [-0.25, -0.2) is 0 Å². The fourth-order valence-electron chi connectivity index (χ4n) is 2.55. The summed E-state index contributed by atoms with van der Waals surface area (Å²) >= 11 is 0. The van der Waals surface area contributed by atoms with Crippen LogP contribution >= 0.6 is 24.0 Å². The summed E-state index contributed by atoms with van der Waals surface area (Å²) in [6.45, 7) is 3.83. The number of guanidine groups is 1. The number of likely N-dealkylation sites (N-methyl/N-ethyl adjacent to an activating group) is 1. The van der Waals surface area contributed by atoms with Crippen LogP contribution in [-0.4, -0.2) is 64.3 Å².